The van der Waals surface area contributed by atoms with Gasteiger partial charge in [-0.25, -0.2) is 9.50 Å². The van der Waals surface area contributed by atoms with Gasteiger partial charge in [-0.2, -0.15) is 5.10 Å². The molecule has 6 nitrogen and oxygen atoms in total. The number of likely N-dealkylation sites (tertiary alicyclic amines) is 1. The Hall–Kier alpha value is -3.54. The lowest BCUT2D eigenvalue weighted by Crippen LogP contribution is -2.44. The molecule has 0 unspecified atom stereocenters. The Morgan fingerprint density at radius 2 is 1.87 bits per heavy atom. The molecule has 30 heavy (non-hydrogen) atoms. The van der Waals surface area contributed by atoms with Crippen molar-refractivity contribution in [3.63, 3.8) is 0 Å². The molecule has 1 saturated heterocycles. The second-order valence-electron chi connectivity index (χ2n) is 7.96. The summed E-state index contributed by atoms with van der Waals surface area (Å²) in [5.74, 6) is 0.0313. The van der Waals surface area contributed by atoms with Gasteiger partial charge in [0.1, 0.15) is 0 Å². The molecule has 0 N–H and O–H groups in total. The third-order valence-corrected chi connectivity index (χ3v) is 6.02. The molecule has 0 bridgehead atoms. The fourth-order valence-corrected chi connectivity index (χ4v) is 4.47. The Kier molecular flexibility index (Phi) is 4.54. The van der Waals surface area contributed by atoms with Crippen LogP contribution in [0.1, 0.15) is 47.1 Å². The number of nitrogens with zero attached hydrogens (tertiary/aromatic N) is 5. The maximum Gasteiger partial charge on any atom is 0.254 e. The molecule has 5 rings (SSSR count). The van der Waals surface area contributed by atoms with Gasteiger partial charge in [0.05, 0.1) is 17.4 Å². The predicted molar refractivity (Wildman–Crippen MR) is 114 cm³/mol. The SMILES string of the molecule is C[C@]1(c2ccnc3ccnn23)CCCN1C(=O)c1ccnc(Cc2ccccc2)c1. The number of amides is 1. The summed E-state index contributed by atoms with van der Waals surface area (Å²) < 4.78 is 1.85. The van der Waals surface area contributed by atoms with Crippen LogP contribution in [0.25, 0.3) is 5.65 Å². The van der Waals surface area contributed by atoms with Crippen molar-refractivity contribution < 1.29 is 4.79 Å². The molecule has 0 saturated carbocycles. The highest BCUT2D eigenvalue weighted by Crippen LogP contribution is 2.39. The van der Waals surface area contributed by atoms with Gasteiger partial charge < -0.3 is 4.90 Å². The minimum absolute atomic E-state index is 0.0313. The third kappa shape index (κ3) is 3.14. The normalized spacial score (nSPS) is 18.8. The highest BCUT2D eigenvalue weighted by atomic mass is 16.2. The molecule has 1 aliphatic heterocycles. The molecule has 0 radical (unpaired) electrons. The molecular formula is C24H23N5O. The molecule has 1 fully saturated rings. The van der Waals surface area contributed by atoms with Gasteiger partial charge in [-0.15, -0.1) is 0 Å². The number of hydrogen-bond acceptors (Lipinski definition) is 4. The lowest BCUT2D eigenvalue weighted by atomic mass is 9.93. The smallest absolute Gasteiger partial charge is 0.254 e. The number of benzene rings is 1. The summed E-state index contributed by atoms with van der Waals surface area (Å²) in [7, 11) is 0. The van der Waals surface area contributed by atoms with E-state index in [-0.39, 0.29) is 5.91 Å². The Morgan fingerprint density at radius 1 is 1.03 bits per heavy atom. The standard InChI is InChI=1S/C24H23N5O/c1-24(21-9-13-26-22-10-14-27-29(21)22)11-5-15-28(24)23(30)19-8-12-25-20(17-19)16-18-6-3-2-4-7-18/h2-4,6-10,12-14,17H,5,11,15-16H2,1H3/t24-/m1/s1. The second-order valence-corrected chi connectivity index (χ2v) is 7.96. The molecule has 0 aliphatic carbocycles. The van der Waals surface area contributed by atoms with E-state index in [1.807, 2.05) is 51.9 Å². The molecule has 4 heterocycles. The fourth-order valence-electron chi connectivity index (χ4n) is 4.47. The van der Waals surface area contributed by atoms with Crippen LogP contribution in [0.3, 0.4) is 0 Å². The van der Waals surface area contributed by atoms with Gasteiger partial charge in [-0.05, 0) is 43.5 Å². The molecular weight excluding hydrogens is 374 g/mol. The summed E-state index contributed by atoms with van der Waals surface area (Å²) in [5.41, 5.74) is 4.09. The zero-order valence-electron chi connectivity index (χ0n) is 16.9. The van der Waals surface area contributed by atoms with Gasteiger partial charge >= 0.3 is 0 Å². The van der Waals surface area contributed by atoms with E-state index >= 15 is 0 Å². The van der Waals surface area contributed by atoms with Gasteiger partial charge in [-0.3, -0.25) is 9.78 Å². The molecule has 150 valence electrons. The number of aromatic nitrogens is 4. The van der Waals surface area contributed by atoms with Crippen LogP contribution >= 0.6 is 0 Å². The molecule has 3 aromatic heterocycles. The Labute approximate surface area is 175 Å². The highest BCUT2D eigenvalue weighted by molar-refractivity contribution is 5.95. The Bertz CT molecular complexity index is 1200. The van der Waals surface area contributed by atoms with Gasteiger partial charge in [0, 0.05) is 42.7 Å². The van der Waals surface area contributed by atoms with Crippen LogP contribution in [0, 0.1) is 0 Å². The molecule has 4 aromatic rings. The van der Waals surface area contributed by atoms with E-state index in [1.54, 1.807) is 18.6 Å². The highest BCUT2D eigenvalue weighted by Gasteiger charge is 2.43. The van der Waals surface area contributed by atoms with Crippen molar-refractivity contribution in [1.29, 1.82) is 0 Å². The van der Waals surface area contributed by atoms with Gasteiger partial charge in [0.2, 0.25) is 0 Å². The lowest BCUT2D eigenvalue weighted by molar-refractivity contribution is 0.0608. The van der Waals surface area contributed by atoms with Crippen molar-refractivity contribution in [3.8, 4) is 0 Å². The summed E-state index contributed by atoms with van der Waals surface area (Å²) in [5, 5.41) is 4.44. The molecule has 1 amide bonds. The van der Waals surface area contributed by atoms with E-state index < -0.39 is 5.54 Å². The number of hydrogen-bond donors (Lipinski definition) is 0. The first kappa shape index (κ1) is 18.5. The van der Waals surface area contributed by atoms with Crippen LogP contribution < -0.4 is 0 Å². The van der Waals surface area contributed by atoms with Crippen LogP contribution in [0.15, 0.2) is 73.2 Å². The summed E-state index contributed by atoms with van der Waals surface area (Å²) in [6, 6.07) is 17.8. The quantitative estimate of drug-likeness (QED) is 0.524. The first-order valence-corrected chi connectivity index (χ1v) is 10.3. The van der Waals surface area contributed by atoms with Crippen LogP contribution in [-0.2, 0) is 12.0 Å². The van der Waals surface area contributed by atoms with Crippen molar-refractivity contribution in [2.45, 2.75) is 31.7 Å². The van der Waals surface area contributed by atoms with E-state index in [4.69, 9.17) is 0 Å². The van der Waals surface area contributed by atoms with Crippen LogP contribution in [0.4, 0.5) is 0 Å². The Balaban J connectivity index is 1.47. The number of fused-ring (bicyclic) bond motifs is 1. The average Bonchev–Trinajstić information content (AvgIpc) is 3.41. The fraction of sp³-hybridized carbons (Fsp3) is 0.250. The minimum atomic E-state index is -0.437. The van der Waals surface area contributed by atoms with E-state index in [0.29, 0.717) is 12.0 Å². The monoisotopic (exact) mass is 397 g/mol. The van der Waals surface area contributed by atoms with E-state index in [2.05, 4.69) is 34.1 Å². The molecule has 1 aliphatic rings. The second kappa shape index (κ2) is 7.37. The predicted octanol–water partition coefficient (Wildman–Crippen LogP) is 3.87. The van der Waals surface area contributed by atoms with Gasteiger partial charge in [0.25, 0.3) is 5.91 Å². The van der Waals surface area contributed by atoms with Gasteiger partial charge in [-0.1, -0.05) is 30.3 Å². The number of carbonyl (C=O) groups is 1. The van der Waals surface area contributed by atoms with E-state index in [9.17, 15) is 4.79 Å². The van der Waals surface area contributed by atoms with E-state index in [1.165, 1.54) is 5.56 Å². The zero-order valence-corrected chi connectivity index (χ0v) is 16.9. The Morgan fingerprint density at radius 3 is 2.73 bits per heavy atom. The van der Waals surface area contributed by atoms with Crippen LogP contribution in [0.5, 0.6) is 0 Å². The number of carbonyl (C=O) groups excluding carboxylic acids is 1. The topological polar surface area (TPSA) is 63.4 Å². The van der Waals surface area contributed by atoms with Crippen LogP contribution in [0.2, 0.25) is 0 Å². The number of rotatable bonds is 4. The summed E-state index contributed by atoms with van der Waals surface area (Å²) in [6.45, 7) is 2.84. The first-order chi connectivity index (χ1) is 14.6. The molecule has 6 heteroatoms. The lowest BCUT2D eigenvalue weighted by Gasteiger charge is -2.35. The third-order valence-electron chi connectivity index (χ3n) is 6.02. The first-order valence-electron chi connectivity index (χ1n) is 10.3. The molecule has 0 spiro atoms. The van der Waals surface area contributed by atoms with Crippen molar-refractivity contribution in [2.24, 2.45) is 0 Å². The largest absolute Gasteiger partial charge is 0.328 e. The summed E-state index contributed by atoms with van der Waals surface area (Å²) in [6.07, 6.45) is 7.82. The van der Waals surface area contributed by atoms with E-state index in [0.717, 1.165) is 36.4 Å². The molecule has 1 aromatic carbocycles. The number of pyridine rings is 1. The van der Waals surface area contributed by atoms with Crippen molar-refractivity contribution >= 4 is 11.6 Å². The average molecular weight is 397 g/mol. The minimum Gasteiger partial charge on any atom is -0.328 e. The maximum absolute atomic E-state index is 13.6. The van der Waals surface area contributed by atoms with Crippen molar-refractivity contribution in [3.05, 3.63) is 95.7 Å². The summed E-state index contributed by atoms with van der Waals surface area (Å²) in [4.78, 5) is 24.4. The maximum atomic E-state index is 13.6. The zero-order chi connectivity index (χ0) is 20.6. The molecule has 1 atom stereocenters. The van der Waals surface area contributed by atoms with Crippen LogP contribution in [-0.4, -0.2) is 36.9 Å². The van der Waals surface area contributed by atoms with Crippen molar-refractivity contribution in [1.82, 2.24) is 24.5 Å². The van der Waals surface area contributed by atoms with Gasteiger partial charge in [0.15, 0.2) is 5.65 Å². The van der Waals surface area contributed by atoms with Crippen molar-refractivity contribution in [2.75, 3.05) is 6.54 Å². The summed E-state index contributed by atoms with van der Waals surface area (Å²) >= 11 is 0.